The third-order valence-corrected chi connectivity index (χ3v) is 11.1. The number of allylic oxidation sites excluding steroid dienone is 14. The van der Waals surface area contributed by atoms with Crippen LogP contribution in [0.3, 0.4) is 0 Å². The second-order valence-corrected chi connectivity index (χ2v) is 17.0. The van der Waals surface area contributed by atoms with Crippen LogP contribution in [0.5, 0.6) is 0 Å². The zero-order valence-electron chi connectivity index (χ0n) is 39.8. The maximum Gasteiger partial charge on any atom is 0.306 e. The number of aliphatic hydroxyl groups excluding tert-OH is 2. The maximum atomic E-state index is 13.2. The van der Waals surface area contributed by atoms with Gasteiger partial charge in [-0.1, -0.05) is 221 Å². The van der Waals surface area contributed by atoms with E-state index in [0.29, 0.717) is 19.3 Å². The Hall–Kier alpha value is -2.96. The van der Waals surface area contributed by atoms with Gasteiger partial charge in [-0.15, -0.1) is 0 Å². The first-order chi connectivity index (χ1) is 30.0. The van der Waals surface area contributed by atoms with Gasteiger partial charge in [-0.25, -0.2) is 0 Å². The zero-order valence-corrected chi connectivity index (χ0v) is 39.8. The number of aliphatic hydroxyl groups is 2. The lowest BCUT2D eigenvalue weighted by atomic mass is 10.0. The molecule has 0 saturated carbocycles. The molecule has 0 radical (unpaired) electrons. The van der Waals surface area contributed by atoms with Gasteiger partial charge in [0.15, 0.2) is 0 Å². The summed E-state index contributed by atoms with van der Waals surface area (Å²) in [4.78, 5) is 26.1. The lowest BCUT2D eigenvalue weighted by molar-refractivity contribution is -0.151. The van der Waals surface area contributed by atoms with Crippen molar-refractivity contribution in [3.8, 4) is 0 Å². The Labute approximate surface area is 376 Å². The molecular weight excluding hydrogens is 755 g/mol. The van der Waals surface area contributed by atoms with Crippen LogP contribution in [-0.2, 0) is 14.3 Å². The summed E-state index contributed by atoms with van der Waals surface area (Å²) >= 11 is 0. The second-order valence-electron chi connectivity index (χ2n) is 17.0. The summed E-state index contributed by atoms with van der Waals surface area (Å²) in [6.45, 7) is 6.33. The number of carbonyl (C=O) groups excluding carboxylic acids is 2. The Balaban J connectivity index is 4.70. The average Bonchev–Trinajstić information content (AvgIpc) is 3.25. The van der Waals surface area contributed by atoms with Gasteiger partial charge in [-0.3, -0.25) is 9.59 Å². The first-order valence-electron chi connectivity index (χ1n) is 25.4. The van der Waals surface area contributed by atoms with E-state index in [0.717, 1.165) is 83.5 Å². The topological polar surface area (TPSA) is 95.9 Å². The van der Waals surface area contributed by atoms with E-state index in [1.807, 2.05) is 36.5 Å². The van der Waals surface area contributed by atoms with Crippen LogP contribution in [0.1, 0.15) is 226 Å². The molecule has 1 amide bonds. The lowest BCUT2D eigenvalue weighted by Gasteiger charge is -2.24. The number of nitrogens with one attached hydrogen (secondary N) is 1. The van der Waals surface area contributed by atoms with Crippen molar-refractivity contribution in [1.82, 2.24) is 5.32 Å². The Morgan fingerprint density at radius 2 is 0.934 bits per heavy atom. The fraction of sp³-hybridized carbons (Fsp3) is 0.709. The minimum Gasteiger partial charge on any atom is -0.462 e. The molecule has 61 heavy (non-hydrogen) atoms. The van der Waals surface area contributed by atoms with E-state index in [-0.39, 0.29) is 24.9 Å². The van der Waals surface area contributed by atoms with E-state index in [4.69, 9.17) is 4.74 Å². The maximum absolute atomic E-state index is 13.2. The van der Waals surface area contributed by atoms with Crippen LogP contribution in [0.25, 0.3) is 0 Å². The summed E-state index contributed by atoms with van der Waals surface area (Å²) in [6.07, 6.45) is 62.1. The molecule has 6 nitrogen and oxygen atoms in total. The van der Waals surface area contributed by atoms with Gasteiger partial charge in [-0.05, 0) is 77.0 Å². The molecule has 3 atom stereocenters. The van der Waals surface area contributed by atoms with Crippen molar-refractivity contribution in [2.24, 2.45) is 0 Å². The summed E-state index contributed by atoms with van der Waals surface area (Å²) in [5, 5.41) is 23.7. The third kappa shape index (κ3) is 43.5. The van der Waals surface area contributed by atoms with Crippen LogP contribution < -0.4 is 5.32 Å². The number of hydrogen-bond acceptors (Lipinski definition) is 5. The molecule has 0 rings (SSSR count). The molecule has 0 bridgehead atoms. The number of ether oxygens (including phenoxy) is 1. The number of unbranched alkanes of at least 4 members (excludes halogenated alkanes) is 22. The quantitative estimate of drug-likeness (QED) is 0.0246. The minimum absolute atomic E-state index is 0.0420. The van der Waals surface area contributed by atoms with Crippen LogP contribution in [-0.4, -0.2) is 46.9 Å². The van der Waals surface area contributed by atoms with E-state index < -0.39 is 18.2 Å². The Kier molecular flexibility index (Phi) is 45.7. The Morgan fingerprint density at radius 1 is 0.492 bits per heavy atom. The summed E-state index contributed by atoms with van der Waals surface area (Å²) < 4.78 is 5.91. The predicted molar refractivity (Wildman–Crippen MR) is 264 cm³/mol. The average molecular weight is 850 g/mol. The number of rotatable bonds is 44. The van der Waals surface area contributed by atoms with Crippen molar-refractivity contribution in [3.63, 3.8) is 0 Å². The normalized spacial score (nSPS) is 14.0. The fourth-order valence-corrected chi connectivity index (χ4v) is 7.20. The monoisotopic (exact) mass is 850 g/mol. The summed E-state index contributed by atoms with van der Waals surface area (Å²) in [7, 11) is 0. The molecule has 0 spiro atoms. The second kappa shape index (κ2) is 48.1. The van der Waals surface area contributed by atoms with Gasteiger partial charge in [0.25, 0.3) is 0 Å². The summed E-state index contributed by atoms with van der Waals surface area (Å²) in [6, 6.07) is -0.720. The third-order valence-electron chi connectivity index (χ3n) is 11.1. The molecule has 0 heterocycles. The van der Waals surface area contributed by atoms with E-state index in [9.17, 15) is 19.8 Å². The van der Waals surface area contributed by atoms with E-state index in [1.165, 1.54) is 96.3 Å². The minimum atomic E-state index is -0.803. The first-order valence-corrected chi connectivity index (χ1v) is 25.4. The smallest absolute Gasteiger partial charge is 0.306 e. The molecule has 0 aliphatic heterocycles. The first kappa shape index (κ1) is 58.0. The fourth-order valence-electron chi connectivity index (χ4n) is 7.20. The number of hydrogen-bond donors (Lipinski definition) is 3. The van der Waals surface area contributed by atoms with Gasteiger partial charge in [-0.2, -0.15) is 0 Å². The molecule has 0 aromatic rings. The highest BCUT2D eigenvalue weighted by Gasteiger charge is 2.24. The van der Waals surface area contributed by atoms with Gasteiger partial charge < -0.3 is 20.3 Å². The van der Waals surface area contributed by atoms with Crippen LogP contribution in [0.2, 0.25) is 0 Å². The van der Waals surface area contributed by atoms with Crippen molar-refractivity contribution in [3.05, 3.63) is 85.1 Å². The SMILES string of the molecule is CCC/C=C/C=C/C=C/C=C/C=C/CCCCCC(CC(=O)NC(CO)C(O)CCCCCCCCCCC)OC(=O)CCCCCCCCC/C=C\C/C=C\CCCCC. The van der Waals surface area contributed by atoms with Gasteiger partial charge >= 0.3 is 5.97 Å². The highest BCUT2D eigenvalue weighted by Crippen LogP contribution is 2.17. The molecule has 3 N–H and O–H groups in total. The van der Waals surface area contributed by atoms with Crippen molar-refractivity contribution in [2.75, 3.05) is 6.61 Å². The Bertz CT molecular complexity index is 1180. The highest BCUT2D eigenvalue weighted by atomic mass is 16.5. The molecular formula is C55H95NO5. The van der Waals surface area contributed by atoms with Gasteiger partial charge in [0.05, 0.1) is 25.2 Å². The predicted octanol–water partition coefficient (Wildman–Crippen LogP) is 15.2. The van der Waals surface area contributed by atoms with Gasteiger partial charge in [0.1, 0.15) is 6.10 Å². The highest BCUT2D eigenvalue weighted by molar-refractivity contribution is 5.77. The van der Waals surface area contributed by atoms with Crippen molar-refractivity contribution < 1.29 is 24.5 Å². The molecule has 6 heteroatoms. The van der Waals surface area contributed by atoms with Crippen molar-refractivity contribution in [1.29, 1.82) is 0 Å². The van der Waals surface area contributed by atoms with Gasteiger partial charge in [0, 0.05) is 6.42 Å². The molecule has 0 aromatic carbocycles. The van der Waals surface area contributed by atoms with Crippen molar-refractivity contribution >= 4 is 11.9 Å². The summed E-state index contributed by atoms with van der Waals surface area (Å²) in [5.74, 6) is -0.531. The molecule has 0 aromatic heterocycles. The Morgan fingerprint density at radius 3 is 1.51 bits per heavy atom. The van der Waals surface area contributed by atoms with E-state index in [1.54, 1.807) is 0 Å². The number of amides is 1. The lowest BCUT2D eigenvalue weighted by Crippen LogP contribution is -2.46. The van der Waals surface area contributed by atoms with Crippen LogP contribution >= 0.6 is 0 Å². The van der Waals surface area contributed by atoms with Crippen molar-refractivity contribution in [2.45, 2.75) is 244 Å². The zero-order chi connectivity index (χ0) is 44.5. The molecule has 3 unspecified atom stereocenters. The van der Waals surface area contributed by atoms with E-state index in [2.05, 4.69) is 74.7 Å². The van der Waals surface area contributed by atoms with Crippen LogP contribution in [0.4, 0.5) is 0 Å². The van der Waals surface area contributed by atoms with Crippen LogP contribution in [0, 0.1) is 0 Å². The molecule has 0 aliphatic carbocycles. The number of esters is 1. The van der Waals surface area contributed by atoms with E-state index >= 15 is 0 Å². The molecule has 0 saturated heterocycles. The molecule has 0 fully saturated rings. The standard InChI is InChI=1S/C55H95NO5/c1-4-7-10-13-16-19-21-23-25-27-29-31-33-36-39-42-45-48-55(60)61-51(46-43-40-37-35-32-30-28-26-24-22-20-17-14-11-8-5-2)49-54(59)56-52(50-57)53(58)47-44-41-38-34-18-15-12-9-6-3/h11,14,16-17,19-20,22-26,28,30,32,51-53,57-58H,4-10,12-13,15,18,21,27,29,31,33-50H2,1-3H3,(H,56,59)/b14-11+,19-16-,20-17+,24-22+,25-23-,28-26+,32-30+. The molecule has 0 aliphatic rings. The number of carbonyl (C=O) groups is 2. The summed E-state index contributed by atoms with van der Waals surface area (Å²) in [5.41, 5.74) is 0. The molecule has 350 valence electrons. The van der Waals surface area contributed by atoms with Crippen LogP contribution in [0.15, 0.2) is 85.1 Å². The largest absolute Gasteiger partial charge is 0.462 e. The van der Waals surface area contributed by atoms with Gasteiger partial charge in [0.2, 0.25) is 5.91 Å².